The number of carbonyl (C=O) groups is 1. The van der Waals surface area contributed by atoms with Crippen molar-refractivity contribution in [1.29, 1.82) is 0 Å². The molecule has 302 valence electrons. The van der Waals surface area contributed by atoms with E-state index < -0.39 is 6.10 Å². The zero-order chi connectivity index (χ0) is 37.0. The molecule has 0 aliphatic carbocycles. The summed E-state index contributed by atoms with van der Waals surface area (Å²) in [5.74, 6) is -0.197. The van der Waals surface area contributed by atoms with Crippen LogP contribution in [-0.4, -0.2) is 37.0 Å². The van der Waals surface area contributed by atoms with Crippen LogP contribution in [0.25, 0.3) is 0 Å². The van der Waals surface area contributed by atoms with Gasteiger partial charge in [0.2, 0.25) is 0 Å². The third-order valence-electron chi connectivity index (χ3n) is 10.3. The van der Waals surface area contributed by atoms with Crippen LogP contribution >= 0.6 is 0 Å². The first kappa shape index (κ1) is 49.9. The van der Waals surface area contributed by atoms with Gasteiger partial charge in [-0.2, -0.15) is 0 Å². The van der Waals surface area contributed by atoms with Crippen LogP contribution in [0, 0.1) is 0 Å². The summed E-state index contributed by atoms with van der Waals surface area (Å²) in [5.41, 5.74) is 0. The normalized spacial score (nSPS) is 12.5. The first-order valence-corrected chi connectivity index (χ1v) is 22.9. The molecule has 0 heterocycles. The van der Waals surface area contributed by atoms with E-state index in [2.05, 4.69) is 38.2 Å². The summed E-state index contributed by atoms with van der Waals surface area (Å²) in [4.78, 5) is 12.2. The largest absolute Gasteiger partial charge is 0.457 e. The van der Waals surface area contributed by atoms with Crippen molar-refractivity contribution < 1.29 is 19.4 Å². The molecule has 0 saturated carbocycles. The summed E-state index contributed by atoms with van der Waals surface area (Å²) in [5, 5.41) is 9.62. The average molecular weight is 719 g/mol. The fourth-order valence-corrected chi connectivity index (χ4v) is 6.83. The van der Waals surface area contributed by atoms with Gasteiger partial charge in [-0.05, 0) is 44.9 Å². The minimum atomic E-state index is -0.533. The maximum atomic E-state index is 12.2. The maximum Gasteiger partial charge on any atom is 0.306 e. The van der Waals surface area contributed by atoms with Gasteiger partial charge in [0, 0.05) is 13.0 Å². The zero-order valence-corrected chi connectivity index (χ0v) is 34.6. The zero-order valence-electron chi connectivity index (χ0n) is 34.6. The molecule has 0 bridgehead atoms. The monoisotopic (exact) mass is 719 g/mol. The SMILES string of the molecule is CCCCC/C=C\C/C=C\CCCCCCCCCCOCC(CO)OC(=O)CCCCCCCCCCCCCCCCCCCCCCC. The highest BCUT2D eigenvalue weighted by atomic mass is 16.6. The Morgan fingerprint density at radius 3 is 1.25 bits per heavy atom. The summed E-state index contributed by atoms with van der Waals surface area (Å²) in [6.45, 7) is 5.35. The van der Waals surface area contributed by atoms with Crippen molar-refractivity contribution in [2.45, 2.75) is 251 Å². The van der Waals surface area contributed by atoms with Crippen molar-refractivity contribution in [1.82, 2.24) is 0 Å². The fourth-order valence-electron chi connectivity index (χ4n) is 6.83. The van der Waals surface area contributed by atoms with E-state index in [1.807, 2.05) is 0 Å². The Morgan fingerprint density at radius 1 is 0.471 bits per heavy atom. The minimum Gasteiger partial charge on any atom is -0.457 e. The van der Waals surface area contributed by atoms with Crippen molar-refractivity contribution in [3.8, 4) is 0 Å². The second kappa shape index (κ2) is 45.0. The van der Waals surface area contributed by atoms with Gasteiger partial charge in [0.05, 0.1) is 13.2 Å². The summed E-state index contributed by atoms with van der Waals surface area (Å²) < 4.78 is 11.2. The molecule has 51 heavy (non-hydrogen) atoms. The molecule has 4 nitrogen and oxygen atoms in total. The molecule has 4 heteroatoms. The van der Waals surface area contributed by atoms with E-state index in [4.69, 9.17) is 9.47 Å². The number of allylic oxidation sites excluding steroid dienone is 4. The van der Waals surface area contributed by atoms with E-state index in [9.17, 15) is 9.90 Å². The molecule has 0 rings (SSSR count). The lowest BCUT2D eigenvalue weighted by Gasteiger charge is -2.16. The van der Waals surface area contributed by atoms with Crippen LogP contribution in [0.3, 0.4) is 0 Å². The van der Waals surface area contributed by atoms with Crippen LogP contribution in [0.15, 0.2) is 24.3 Å². The molecule has 0 spiro atoms. The van der Waals surface area contributed by atoms with Crippen molar-refractivity contribution >= 4 is 5.97 Å². The van der Waals surface area contributed by atoms with Gasteiger partial charge in [-0.15, -0.1) is 0 Å². The van der Waals surface area contributed by atoms with Gasteiger partial charge in [0.15, 0.2) is 0 Å². The molecule has 1 unspecified atom stereocenters. The predicted molar refractivity (Wildman–Crippen MR) is 224 cm³/mol. The number of hydrogen-bond acceptors (Lipinski definition) is 4. The van der Waals surface area contributed by atoms with E-state index in [1.54, 1.807) is 0 Å². The van der Waals surface area contributed by atoms with Crippen LogP contribution in [0.1, 0.15) is 245 Å². The number of aliphatic hydroxyl groups is 1. The van der Waals surface area contributed by atoms with Crippen LogP contribution < -0.4 is 0 Å². The molecule has 0 radical (unpaired) electrons. The Kier molecular flexibility index (Phi) is 44.0. The van der Waals surface area contributed by atoms with Gasteiger partial charge in [0.1, 0.15) is 6.10 Å². The van der Waals surface area contributed by atoms with Crippen LogP contribution in [0.5, 0.6) is 0 Å². The second-order valence-corrected chi connectivity index (χ2v) is 15.5. The Balaban J connectivity index is 3.38. The maximum absolute atomic E-state index is 12.2. The standard InChI is InChI=1S/C47H90O4/c1-3-5-7-9-11-13-15-17-19-21-23-24-25-26-28-30-32-34-36-38-40-42-47(49)51-46(44-48)45-50-43-41-39-37-35-33-31-29-27-22-20-18-16-14-12-10-8-6-4-2/h12,14,18,20,46,48H,3-11,13,15-17,19,21-45H2,1-2H3/b14-12-,20-18-. The average Bonchev–Trinajstić information content (AvgIpc) is 3.14. The third kappa shape index (κ3) is 43.2. The van der Waals surface area contributed by atoms with Crippen LogP contribution in [0.4, 0.5) is 0 Å². The van der Waals surface area contributed by atoms with Crippen LogP contribution in [0.2, 0.25) is 0 Å². The highest BCUT2D eigenvalue weighted by molar-refractivity contribution is 5.69. The summed E-state index contributed by atoms with van der Waals surface area (Å²) in [6.07, 6.45) is 55.3. The molecular formula is C47H90O4. The van der Waals surface area contributed by atoms with Gasteiger partial charge in [-0.3, -0.25) is 4.79 Å². The number of rotatable bonds is 43. The Hall–Kier alpha value is -1.13. The molecule has 1 atom stereocenters. The first-order valence-electron chi connectivity index (χ1n) is 22.9. The highest BCUT2D eigenvalue weighted by Gasteiger charge is 2.13. The van der Waals surface area contributed by atoms with Gasteiger partial charge < -0.3 is 14.6 Å². The number of aliphatic hydroxyl groups excluding tert-OH is 1. The molecule has 0 aliphatic heterocycles. The molecule has 0 saturated heterocycles. The minimum absolute atomic E-state index is 0.170. The van der Waals surface area contributed by atoms with Gasteiger partial charge in [-0.1, -0.05) is 218 Å². The topological polar surface area (TPSA) is 55.8 Å². The molecule has 0 aromatic carbocycles. The van der Waals surface area contributed by atoms with Crippen molar-refractivity contribution in [2.75, 3.05) is 19.8 Å². The lowest BCUT2D eigenvalue weighted by Crippen LogP contribution is -2.27. The number of esters is 1. The van der Waals surface area contributed by atoms with E-state index in [0.29, 0.717) is 19.6 Å². The van der Waals surface area contributed by atoms with Gasteiger partial charge >= 0.3 is 5.97 Å². The molecule has 0 aliphatic rings. The number of hydrogen-bond donors (Lipinski definition) is 1. The number of ether oxygens (including phenoxy) is 2. The Morgan fingerprint density at radius 2 is 0.824 bits per heavy atom. The van der Waals surface area contributed by atoms with E-state index in [0.717, 1.165) is 25.7 Å². The second-order valence-electron chi connectivity index (χ2n) is 15.5. The first-order chi connectivity index (χ1) is 25.2. The van der Waals surface area contributed by atoms with E-state index in [-0.39, 0.29) is 12.6 Å². The number of carbonyl (C=O) groups excluding carboxylic acids is 1. The van der Waals surface area contributed by atoms with Crippen LogP contribution in [-0.2, 0) is 14.3 Å². The fraction of sp³-hybridized carbons (Fsp3) is 0.894. The molecule has 0 fully saturated rings. The van der Waals surface area contributed by atoms with Crippen molar-refractivity contribution in [2.24, 2.45) is 0 Å². The molecular weight excluding hydrogens is 629 g/mol. The smallest absolute Gasteiger partial charge is 0.306 e. The number of unbranched alkanes of at least 4 members (excludes halogenated alkanes) is 31. The predicted octanol–water partition coefficient (Wildman–Crippen LogP) is 15.1. The Bertz CT molecular complexity index is 717. The highest BCUT2D eigenvalue weighted by Crippen LogP contribution is 2.16. The summed E-state index contributed by atoms with van der Waals surface area (Å²) >= 11 is 0. The summed E-state index contributed by atoms with van der Waals surface area (Å²) in [7, 11) is 0. The van der Waals surface area contributed by atoms with Gasteiger partial charge in [0.25, 0.3) is 0 Å². The quantitative estimate of drug-likeness (QED) is 0.0387. The molecule has 0 amide bonds. The van der Waals surface area contributed by atoms with Gasteiger partial charge in [-0.25, -0.2) is 0 Å². The lowest BCUT2D eigenvalue weighted by atomic mass is 10.0. The van der Waals surface area contributed by atoms with E-state index >= 15 is 0 Å². The third-order valence-corrected chi connectivity index (χ3v) is 10.3. The van der Waals surface area contributed by atoms with E-state index in [1.165, 1.54) is 199 Å². The molecule has 1 N–H and O–H groups in total. The summed E-state index contributed by atoms with van der Waals surface area (Å²) in [6, 6.07) is 0. The van der Waals surface area contributed by atoms with Crippen molar-refractivity contribution in [3.63, 3.8) is 0 Å². The molecule has 0 aromatic heterocycles. The Labute approximate surface area is 319 Å². The molecule has 0 aromatic rings. The van der Waals surface area contributed by atoms with Crippen molar-refractivity contribution in [3.05, 3.63) is 24.3 Å². The lowest BCUT2D eigenvalue weighted by molar-refractivity contribution is -0.154.